The Hall–Kier alpha value is -0.930. The lowest BCUT2D eigenvalue weighted by Gasteiger charge is -2.14. The molecule has 0 saturated heterocycles. The predicted octanol–water partition coefficient (Wildman–Crippen LogP) is 0.862. The van der Waals surface area contributed by atoms with Gasteiger partial charge in [-0.2, -0.15) is 0 Å². The average Bonchev–Trinajstić information content (AvgIpc) is 2.57. The fourth-order valence-corrected chi connectivity index (χ4v) is 2.64. The number of carbonyl (C=O) groups is 3. The topological polar surface area (TPSA) is 99.3 Å². The van der Waals surface area contributed by atoms with Crippen molar-refractivity contribution in [1.29, 1.82) is 0 Å². The van der Waals surface area contributed by atoms with E-state index in [1.807, 2.05) is 6.92 Å². The van der Waals surface area contributed by atoms with E-state index in [2.05, 4.69) is 32.9 Å². The summed E-state index contributed by atoms with van der Waals surface area (Å²) in [6, 6.07) is 0.0868. The van der Waals surface area contributed by atoms with Gasteiger partial charge in [-0.15, -0.1) is 11.7 Å². The number of hydrogen-bond donors (Lipinski definition) is 5. The van der Waals surface area contributed by atoms with Crippen LogP contribution in [0.1, 0.15) is 45.4 Å². The highest BCUT2D eigenvalue weighted by atomic mass is 33.1. The molecule has 0 fully saturated rings. The molecule has 0 aromatic heterocycles. The van der Waals surface area contributed by atoms with Gasteiger partial charge < -0.3 is 21.3 Å². The lowest BCUT2D eigenvalue weighted by molar-refractivity contribution is -0.123. The van der Waals surface area contributed by atoms with E-state index in [1.165, 1.54) is 10.8 Å². The second-order valence-electron chi connectivity index (χ2n) is 5.85. The fraction of sp³-hybridized carbons (Fsp3) is 0.812. The van der Waals surface area contributed by atoms with Gasteiger partial charge in [0.2, 0.25) is 17.7 Å². The Morgan fingerprint density at radius 2 is 1.56 bits per heavy atom. The van der Waals surface area contributed by atoms with Crippen molar-refractivity contribution in [3.8, 4) is 0 Å². The van der Waals surface area contributed by atoms with E-state index in [9.17, 15) is 14.4 Å². The quantitative estimate of drug-likeness (QED) is 0.162. The lowest BCUT2D eigenvalue weighted by atomic mass is 10.1. The molecule has 0 aromatic carbocycles. The van der Waals surface area contributed by atoms with E-state index in [-0.39, 0.29) is 30.2 Å². The second kappa shape index (κ2) is 16.5. The minimum Gasteiger partial charge on any atom is -0.356 e. The lowest BCUT2D eigenvalue weighted by Crippen LogP contribution is -2.36. The SMILES string of the molecule is CNCCC(=O)NCCC(=O)NC(C)CCCCNC(=O)CCSS. The van der Waals surface area contributed by atoms with Gasteiger partial charge in [-0.3, -0.25) is 14.4 Å². The summed E-state index contributed by atoms with van der Waals surface area (Å²) in [5.41, 5.74) is 0. The third kappa shape index (κ3) is 16.3. The Morgan fingerprint density at radius 3 is 2.24 bits per heavy atom. The average molecular weight is 393 g/mol. The van der Waals surface area contributed by atoms with Crippen molar-refractivity contribution in [3.05, 3.63) is 0 Å². The second-order valence-corrected chi connectivity index (χ2v) is 7.29. The van der Waals surface area contributed by atoms with Crippen molar-refractivity contribution >= 4 is 40.2 Å². The van der Waals surface area contributed by atoms with Gasteiger partial charge in [0, 0.05) is 50.7 Å². The Balaban J connectivity index is 3.58. The molecule has 0 aliphatic heterocycles. The molecule has 25 heavy (non-hydrogen) atoms. The van der Waals surface area contributed by atoms with Crippen molar-refractivity contribution in [2.24, 2.45) is 0 Å². The number of carbonyl (C=O) groups excluding carboxylic acids is 3. The van der Waals surface area contributed by atoms with Gasteiger partial charge in [0.05, 0.1) is 0 Å². The van der Waals surface area contributed by atoms with Crippen LogP contribution in [0.4, 0.5) is 0 Å². The zero-order chi connectivity index (χ0) is 18.9. The summed E-state index contributed by atoms with van der Waals surface area (Å²) in [6.07, 6.45) is 3.88. The monoisotopic (exact) mass is 392 g/mol. The smallest absolute Gasteiger partial charge is 0.221 e. The molecule has 0 heterocycles. The van der Waals surface area contributed by atoms with Crippen LogP contribution in [-0.4, -0.2) is 56.2 Å². The largest absolute Gasteiger partial charge is 0.356 e. The summed E-state index contributed by atoms with van der Waals surface area (Å²) in [4.78, 5) is 34.6. The molecule has 0 radical (unpaired) electrons. The molecule has 0 aliphatic carbocycles. The first kappa shape index (κ1) is 24.1. The Bertz CT molecular complexity index is 398. The van der Waals surface area contributed by atoms with E-state index in [0.29, 0.717) is 38.2 Å². The van der Waals surface area contributed by atoms with E-state index >= 15 is 0 Å². The molecule has 7 nitrogen and oxygen atoms in total. The zero-order valence-corrected chi connectivity index (χ0v) is 16.9. The molecule has 0 spiro atoms. The molecular weight excluding hydrogens is 360 g/mol. The highest BCUT2D eigenvalue weighted by molar-refractivity contribution is 8.68. The molecular formula is C16H32N4O3S2. The number of thiol groups is 1. The Kier molecular flexibility index (Phi) is 15.9. The highest BCUT2D eigenvalue weighted by Gasteiger charge is 2.08. The van der Waals surface area contributed by atoms with Gasteiger partial charge >= 0.3 is 0 Å². The molecule has 1 atom stereocenters. The third-order valence-corrected chi connectivity index (χ3v) is 4.42. The first-order chi connectivity index (χ1) is 12.0. The molecule has 146 valence electrons. The van der Waals surface area contributed by atoms with Crippen LogP contribution in [0.2, 0.25) is 0 Å². The van der Waals surface area contributed by atoms with Crippen LogP contribution in [0.15, 0.2) is 0 Å². The van der Waals surface area contributed by atoms with Gasteiger partial charge in [-0.05, 0) is 33.2 Å². The molecule has 3 amide bonds. The number of nitrogens with one attached hydrogen (secondary N) is 4. The van der Waals surface area contributed by atoms with Crippen molar-refractivity contribution in [3.63, 3.8) is 0 Å². The van der Waals surface area contributed by atoms with E-state index in [4.69, 9.17) is 0 Å². The third-order valence-electron chi connectivity index (χ3n) is 3.49. The maximum Gasteiger partial charge on any atom is 0.221 e. The summed E-state index contributed by atoms with van der Waals surface area (Å²) < 4.78 is 0. The van der Waals surface area contributed by atoms with Crippen LogP contribution in [0.5, 0.6) is 0 Å². The van der Waals surface area contributed by atoms with Crippen LogP contribution in [-0.2, 0) is 14.4 Å². The summed E-state index contributed by atoms with van der Waals surface area (Å²) >= 11 is 3.99. The van der Waals surface area contributed by atoms with Crippen molar-refractivity contribution in [1.82, 2.24) is 21.3 Å². The predicted molar refractivity (Wildman–Crippen MR) is 107 cm³/mol. The zero-order valence-electron chi connectivity index (χ0n) is 15.2. The summed E-state index contributed by atoms with van der Waals surface area (Å²) in [5.74, 6) is 0.664. The first-order valence-corrected chi connectivity index (χ1v) is 10.8. The number of rotatable bonds is 15. The number of unbranched alkanes of at least 4 members (excludes halogenated alkanes) is 1. The normalized spacial score (nSPS) is 11.6. The van der Waals surface area contributed by atoms with Gasteiger partial charge in [0.1, 0.15) is 0 Å². The molecule has 9 heteroatoms. The molecule has 1 unspecified atom stereocenters. The van der Waals surface area contributed by atoms with Crippen molar-refractivity contribution < 1.29 is 14.4 Å². The number of amides is 3. The van der Waals surface area contributed by atoms with Crippen LogP contribution in [0, 0.1) is 0 Å². The van der Waals surface area contributed by atoms with Gasteiger partial charge in [0.15, 0.2) is 0 Å². The van der Waals surface area contributed by atoms with Crippen molar-refractivity contribution in [2.75, 3.05) is 32.4 Å². The van der Waals surface area contributed by atoms with Crippen LogP contribution in [0.25, 0.3) is 0 Å². The summed E-state index contributed by atoms with van der Waals surface area (Å²) in [5, 5.41) is 11.4. The fourth-order valence-electron chi connectivity index (χ4n) is 2.09. The van der Waals surface area contributed by atoms with Gasteiger partial charge in [-0.25, -0.2) is 0 Å². The Morgan fingerprint density at radius 1 is 0.920 bits per heavy atom. The van der Waals surface area contributed by atoms with Gasteiger partial charge in [0.25, 0.3) is 0 Å². The molecule has 0 aliphatic rings. The molecule has 4 N–H and O–H groups in total. The number of hydrogen-bond acceptors (Lipinski definition) is 6. The van der Waals surface area contributed by atoms with Gasteiger partial charge in [-0.1, -0.05) is 10.8 Å². The minimum absolute atomic E-state index is 0.0507. The standard InChI is InChI=1S/C16H32N4O3S2/c1-13(5-3-4-9-18-15(22)8-12-25-24)20-16(23)7-11-19-14(21)6-10-17-2/h13,17,24H,3-12H2,1-2H3,(H,18,22)(H,19,21)(H,20,23). The summed E-state index contributed by atoms with van der Waals surface area (Å²) in [6.45, 7) is 3.61. The summed E-state index contributed by atoms with van der Waals surface area (Å²) in [7, 11) is 3.15. The minimum atomic E-state index is -0.0565. The van der Waals surface area contributed by atoms with Crippen molar-refractivity contribution in [2.45, 2.75) is 51.5 Å². The highest BCUT2D eigenvalue weighted by Crippen LogP contribution is 2.05. The Labute approximate surface area is 160 Å². The maximum atomic E-state index is 11.8. The van der Waals surface area contributed by atoms with E-state index in [1.54, 1.807) is 7.05 Å². The first-order valence-electron chi connectivity index (χ1n) is 8.73. The van der Waals surface area contributed by atoms with E-state index in [0.717, 1.165) is 19.3 Å². The molecule has 0 aromatic rings. The molecule has 0 bridgehead atoms. The van der Waals surface area contributed by atoms with Crippen LogP contribution >= 0.6 is 22.5 Å². The molecule has 0 saturated carbocycles. The van der Waals surface area contributed by atoms with E-state index < -0.39 is 0 Å². The van der Waals surface area contributed by atoms with Crippen LogP contribution < -0.4 is 21.3 Å². The maximum absolute atomic E-state index is 11.8. The van der Waals surface area contributed by atoms with Crippen LogP contribution in [0.3, 0.4) is 0 Å². The molecule has 0 rings (SSSR count).